The van der Waals surface area contributed by atoms with Crippen LogP contribution < -0.4 is 4.90 Å². The number of hydrogen-bond acceptors (Lipinski definition) is 4. The van der Waals surface area contributed by atoms with E-state index in [4.69, 9.17) is 9.15 Å². The van der Waals surface area contributed by atoms with E-state index < -0.39 is 0 Å². The quantitative estimate of drug-likeness (QED) is 0.759. The van der Waals surface area contributed by atoms with Gasteiger partial charge in [0.1, 0.15) is 11.3 Å². The van der Waals surface area contributed by atoms with E-state index in [1.54, 1.807) is 6.08 Å². The van der Waals surface area contributed by atoms with Gasteiger partial charge >= 0.3 is 0 Å². The minimum absolute atomic E-state index is 0.753. The summed E-state index contributed by atoms with van der Waals surface area (Å²) in [6.45, 7) is 11.1. The molecule has 0 amide bonds. The fourth-order valence-electron chi connectivity index (χ4n) is 2.96. The van der Waals surface area contributed by atoms with Gasteiger partial charge in [-0.25, -0.2) is 4.98 Å². The number of allylic oxidation sites excluding steroid dienone is 5. The van der Waals surface area contributed by atoms with Crippen LogP contribution in [-0.2, 0) is 4.74 Å². The number of ether oxygens (including phenoxy) is 1. The molecule has 1 fully saturated rings. The van der Waals surface area contributed by atoms with Gasteiger partial charge in [-0.2, -0.15) is 0 Å². The molecule has 0 atom stereocenters. The lowest BCUT2D eigenvalue weighted by Crippen LogP contribution is -2.36. The van der Waals surface area contributed by atoms with Crippen LogP contribution in [0.4, 0.5) is 5.69 Å². The van der Waals surface area contributed by atoms with Gasteiger partial charge in [0.25, 0.3) is 0 Å². The average molecular weight is 324 g/mol. The molecule has 3 rings (SSSR count). The minimum atomic E-state index is 0.753. The first kappa shape index (κ1) is 16.5. The maximum absolute atomic E-state index is 6.22. The third-order valence-electron chi connectivity index (χ3n) is 4.18. The van der Waals surface area contributed by atoms with Crippen LogP contribution in [0.3, 0.4) is 0 Å². The summed E-state index contributed by atoms with van der Waals surface area (Å²) >= 11 is 0. The lowest BCUT2D eigenvalue weighted by atomic mass is 10.1. The molecular formula is C20H24N2O2. The SMILES string of the molecule is C=C/C=C\C=C(/CC)c1cc2nc(C)cc(N3CCOCC3)c2o1. The molecule has 0 aromatic carbocycles. The molecule has 1 saturated heterocycles. The molecule has 2 aromatic heterocycles. The van der Waals surface area contributed by atoms with Crippen molar-refractivity contribution in [3.63, 3.8) is 0 Å². The Kier molecular flexibility index (Phi) is 5.16. The second-order valence-corrected chi connectivity index (χ2v) is 5.87. The van der Waals surface area contributed by atoms with E-state index in [9.17, 15) is 0 Å². The number of anilines is 1. The summed E-state index contributed by atoms with van der Waals surface area (Å²) in [5, 5.41) is 0. The summed E-state index contributed by atoms with van der Waals surface area (Å²) in [5.41, 5.74) is 5.05. The number of aromatic nitrogens is 1. The number of furan rings is 1. The standard InChI is InChI=1S/C20H24N2O2/c1-4-6-7-8-16(5-2)19-14-17-20(24-19)18(13-15(3)21-17)22-9-11-23-12-10-22/h4,6-8,13-14H,1,5,9-12H2,2-3H3/b7-6-,16-8+. The van der Waals surface area contributed by atoms with E-state index in [0.29, 0.717) is 0 Å². The summed E-state index contributed by atoms with van der Waals surface area (Å²) in [7, 11) is 0. The fourth-order valence-corrected chi connectivity index (χ4v) is 2.96. The topological polar surface area (TPSA) is 38.5 Å². The van der Waals surface area contributed by atoms with E-state index in [0.717, 1.165) is 66.5 Å². The number of rotatable bonds is 5. The van der Waals surface area contributed by atoms with Crippen molar-refractivity contribution in [2.45, 2.75) is 20.3 Å². The molecular weight excluding hydrogens is 300 g/mol. The predicted molar refractivity (Wildman–Crippen MR) is 99.4 cm³/mol. The van der Waals surface area contributed by atoms with Crippen LogP contribution in [0.1, 0.15) is 24.8 Å². The molecule has 4 heteroatoms. The zero-order chi connectivity index (χ0) is 16.9. The summed E-state index contributed by atoms with van der Waals surface area (Å²) in [5.74, 6) is 0.883. The first-order valence-corrected chi connectivity index (χ1v) is 8.45. The maximum atomic E-state index is 6.22. The molecule has 0 unspecified atom stereocenters. The lowest BCUT2D eigenvalue weighted by Gasteiger charge is -2.28. The van der Waals surface area contributed by atoms with Crippen molar-refractivity contribution >= 4 is 22.4 Å². The zero-order valence-electron chi connectivity index (χ0n) is 14.4. The number of morpholine rings is 1. The molecule has 0 bridgehead atoms. The van der Waals surface area contributed by atoms with Gasteiger partial charge in [0.15, 0.2) is 5.58 Å². The molecule has 3 heterocycles. The fraction of sp³-hybridized carbons (Fsp3) is 0.350. The predicted octanol–water partition coefficient (Wildman–Crippen LogP) is 4.51. The first-order chi connectivity index (χ1) is 11.7. The largest absolute Gasteiger partial charge is 0.453 e. The molecule has 0 radical (unpaired) electrons. The van der Waals surface area contributed by atoms with Gasteiger partial charge in [0, 0.05) is 24.8 Å². The van der Waals surface area contributed by atoms with Crippen molar-refractivity contribution in [1.82, 2.24) is 4.98 Å². The number of nitrogens with zero attached hydrogens (tertiary/aromatic N) is 2. The second-order valence-electron chi connectivity index (χ2n) is 5.87. The zero-order valence-corrected chi connectivity index (χ0v) is 14.4. The third-order valence-corrected chi connectivity index (χ3v) is 4.18. The Balaban J connectivity index is 2.04. The van der Waals surface area contributed by atoms with Crippen LogP contribution in [-0.4, -0.2) is 31.3 Å². The Morgan fingerprint density at radius 3 is 2.79 bits per heavy atom. The van der Waals surface area contributed by atoms with E-state index in [2.05, 4.69) is 35.5 Å². The Bertz CT molecular complexity index is 780. The van der Waals surface area contributed by atoms with Crippen LogP contribution in [0.25, 0.3) is 16.7 Å². The van der Waals surface area contributed by atoms with Gasteiger partial charge < -0.3 is 14.1 Å². The van der Waals surface area contributed by atoms with Crippen molar-refractivity contribution in [3.05, 3.63) is 54.5 Å². The van der Waals surface area contributed by atoms with Gasteiger partial charge in [-0.3, -0.25) is 0 Å². The Morgan fingerprint density at radius 2 is 2.08 bits per heavy atom. The average Bonchev–Trinajstić information content (AvgIpc) is 3.02. The molecule has 0 spiro atoms. The maximum Gasteiger partial charge on any atom is 0.176 e. The van der Waals surface area contributed by atoms with Crippen LogP contribution in [0.2, 0.25) is 0 Å². The van der Waals surface area contributed by atoms with Gasteiger partial charge in [-0.05, 0) is 25.0 Å². The molecule has 0 aliphatic carbocycles. The van der Waals surface area contributed by atoms with E-state index in [1.807, 2.05) is 25.1 Å². The Morgan fingerprint density at radius 1 is 1.29 bits per heavy atom. The van der Waals surface area contributed by atoms with Crippen molar-refractivity contribution in [2.24, 2.45) is 0 Å². The van der Waals surface area contributed by atoms with Crippen molar-refractivity contribution < 1.29 is 9.15 Å². The highest BCUT2D eigenvalue weighted by Crippen LogP contribution is 2.33. The highest BCUT2D eigenvalue weighted by molar-refractivity contribution is 5.89. The molecule has 24 heavy (non-hydrogen) atoms. The molecule has 0 saturated carbocycles. The van der Waals surface area contributed by atoms with Crippen molar-refractivity contribution in [2.75, 3.05) is 31.2 Å². The number of aryl methyl sites for hydroxylation is 1. The van der Waals surface area contributed by atoms with Gasteiger partial charge in [0.05, 0.1) is 18.9 Å². The molecule has 1 aliphatic heterocycles. The number of pyridine rings is 1. The summed E-state index contributed by atoms with van der Waals surface area (Å²) in [6.07, 6.45) is 8.64. The smallest absolute Gasteiger partial charge is 0.176 e. The van der Waals surface area contributed by atoms with Crippen LogP contribution in [0.5, 0.6) is 0 Å². The third kappa shape index (κ3) is 3.44. The van der Waals surface area contributed by atoms with E-state index >= 15 is 0 Å². The van der Waals surface area contributed by atoms with Gasteiger partial charge in [0.2, 0.25) is 0 Å². The normalized spacial score (nSPS) is 16.2. The monoisotopic (exact) mass is 324 g/mol. The van der Waals surface area contributed by atoms with E-state index in [1.165, 1.54) is 0 Å². The summed E-state index contributed by atoms with van der Waals surface area (Å²) in [4.78, 5) is 6.97. The second kappa shape index (κ2) is 7.49. The van der Waals surface area contributed by atoms with Crippen molar-refractivity contribution in [1.29, 1.82) is 0 Å². The van der Waals surface area contributed by atoms with Crippen LogP contribution in [0.15, 0.2) is 47.4 Å². The molecule has 2 aromatic rings. The molecule has 1 aliphatic rings. The Labute approximate surface area is 143 Å². The Hall–Kier alpha value is -2.33. The highest BCUT2D eigenvalue weighted by Gasteiger charge is 2.19. The van der Waals surface area contributed by atoms with Crippen molar-refractivity contribution in [3.8, 4) is 0 Å². The lowest BCUT2D eigenvalue weighted by molar-refractivity contribution is 0.122. The number of fused-ring (bicyclic) bond motifs is 1. The highest BCUT2D eigenvalue weighted by atomic mass is 16.5. The van der Waals surface area contributed by atoms with Crippen LogP contribution >= 0.6 is 0 Å². The minimum Gasteiger partial charge on any atom is -0.453 e. The van der Waals surface area contributed by atoms with Crippen LogP contribution in [0, 0.1) is 6.92 Å². The molecule has 126 valence electrons. The van der Waals surface area contributed by atoms with Gasteiger partial charge in [-0.15, -0.1) is 0 Å². The molecule has 4 nitrogen and oxygen atoms in total. The summed E-state index contributed by atoms with van der Waals surface area (Å²) in [6, 6.07) is 4.15. The van der Waals surface area contributed by atoms with Gasteiger partial charge in [-0.1, -0.05) is 37.8 Å². The first-order valence-electron chi connectivity index (χ1n) is 8.45. The van der Waals surface area contributed by atoms with E-state index in [-0.39, 0.29) is 0 Å². The molecule has 0 N–H and O–H groups in total. The number of hydrogen-bond donors (Lipinski definition) is 0. The summed E-state index contributed by atoms with van der Waals surface area (Å²) < 4.78 is 11.7.